The lowest BCUT2D eigenvalue weighted by atomic mass is 10.0. The molecule has 3 N–H and O–H groups in total. The first-order valence-electron chi connectivity index (χ1n) is 37.6. The molecule has 19 heteroatoms. The molecule has 5 atom stereocenters. The normalized spacial score (nSPS) is 14.0. The predicted molar refractivity (Wildman–Crippen MR) is 368 cm³/mol. The summed E-state index contributed by atoms with van der Waals surface area (Å²) < 4.78 is 68.2. The number of aliphatic hydroxyl groups excluding tert-OH is 1. The van der Waals surface area contributed by atoms with Gasteiger partial charge in [-0.25, -0.2) is 9.13 Å². The standard InChI is InChI=1S/C72H140O17P2/c1-6-9-12-15-17-19-21-23-24-25-26-27-30-35-39-43-48-53-58-72(77)89-68(62-83-70(75)56-51-46-41-37-34-31-28-29-32-36-40-45-49-54-65(4)5)64-87-91(80,81)85-60-66(73)59-84-90(78,79)86-63-67(61-82-69(74)55-50-44-14-11-8-3)88-71(76)57-52-47-42-38-33-22-20-18-16-13-10-7-2/h65-68,73H,6-64H2,1-5H3,(H,78,79)(H,80,81)/t66-,67+,68+/m0/s1. The van der Waals surface area contributed by atoms with Crippen LogP contribution < -0.4 is 0 Å². The second-order valence-electron chi connectivity index (χ2n) is 26.5. The number of hydrogen-bond donors (Lipinski definition) is 3. The summed E-state index contributed by atoms with van der Waals surface area (Å²) in [7, 11) is -9.89. The van der Waals surface area contributed by atoms with Crippen molar-refractivity contribution < 1.29 is 80.2 Å². The van der Waals surface area contributed by atoms with Crippen LogP contribution in [0.5, 0.6) is 0 Å². The third kappa shape index (κ3) is 66.5. The molecule has 0 heterocycles. The maximum Gasteiger partial charge on any atom is 0.472 e. The largest absolute Gasteiger partial charge is 0.472 e. The molecule has 17 nitrogen and oxygen atoms in total. The molecule has 540 valence electrons. The first kappa shape index (κ1) is 89.1. The summed E-state index contributed by atoms with van der Waals surface area (Å²) in [6.45, 7) is 7.20. The van der Waals surface area contributed by atoms with Gasteiger partial charge >= 0.3 is 39.5 Å². The number of unbranched alkanes of at least 4 members (excludes halogenated alkanes) is 44. The molecule has 0 rings (SSSR count). The highest BCUT2D eigenvalue weighted by Crippen LogP contribution is 2.45. The molecular weight excluding hydrogens is 1200 g/mol. The average Bonchev–Trinajstić information content (AvgIpc) is 3.32. The number of carbonyl (C=O) groups excluding carboxylic acids is 4. The van der Waals surface area contributed by atoms with Crippen molar-refractivity contribution in [1.82, 2.24) is 0 Å². The quantitative estimate of drug-likeness (QED) is 0.0222. The Balaban J connectivity index is 5.15. The fourth-order valence-corrected chi connectivity index (χ4v) is 12.6. The molecule has 0 fully saturated rings. The molecule has 0 amide bonds. The van der Waals surface area contributed by atoms with Gasteiger partial charge < -0.3 is 33.8 Å². The van der Waals surface area contributed by atoms with Crippen LogP contribution >= 0.6 is 15.6 Å². The van der Waals surface area contributed by atoms with Crippen molar-refractivity contribution in [3.05, 3.63) is 0 Å². The maximum absolute atomic E-state index is 13.0. The van der Waals surface area contributed by atoms with Crippen LogP contribution in [0.1, 0.15) is 375 Å². The van der Waals surface area contributed by atoms with Gasteiger partial charge in [-0.1, -0.05) is 324 Å². The van der Waals surface area contributed by atoms with Crippen molar-refractivity contribution in [2.45, 2.75) is 393 Å². The topological polar surface area (TPSA) is 237 Å². The molecule has 0 aliphatic carbocycles. The van der Waals surface area contributed by atoms with E-state index in [0.29, 0.717) is 25.7 Å². The summed E-state index contributed by atoms with van der Waals surface area (Å²) in [5, 5.41) is 10.6. The lowest BCUT2D eigenvalue weighted by Gasteiger charge is -2.21. The third-order valence-electron chi connectivity index (χ3n) is 16.8. The summed E-state index contributed by atoms with van der Waals surface area (Å²) >= 11 is 0. The number of esters is 4. The van der Waals surface area contributed by atoms with Gasteiger partial charge in [0.2, 0.25) is 0 Å². The Hall–Kier alpha value is -1.94. The molecule has 0 spiro atoms. The van der Waals surface area contributed by atoms with E-state index in [1.165, 1.54) is 193 Å². The summed E-state index contributed by atoms with van der Waals surface area (Å²) in [4.78, 5) is 72.4. The molecule has 0 saturated heterocycles. The van der Waals surface area contributed by atoms with Crippen LogP contribution in [0.4, 0.5) is 0 Å². The van der Waals surface area contributed by atoms with E-state index in [4.69, 9.17) is 37.0 Å². The van der Waals surface area contributed by atoms with Gasteiger partial charge in [0.1, 0.15) is 19.3 Å². The van der Waals surface area contributed by atoms with Crippen LogP contribution in [-0.4, -0.2) is 96.7 Å². The zero-order valence-electron chi connectivity index (χ0n) is 59.0. The highest BCUT2D eigenvalue weighted by molar-refractivity contribution is 7.47. The maximum atomic E-state index is 13.0. The summed E-state index contributed by atoms with van der Waals surface area (Å²) in [5.41, 5.74) is 0. The minimum Gasteiger partial charge on any atom is -0.462 e. The van der Waals surface area contributed by atoms with Crippen molar-refractivity contribution >= 4 is 39.5 Å². The zero-order chi connectivity index (χ0) is 67.0. The number of ether oxygens (including phenoxy) is 4. The predicted octanol–water partition coefficient (Wildman–Crippen LogP) is 20.9. The Bertz CT molecular complexity index is 1750. The molecule has 2 unspecified atom stereocenters. The highest BCUT2D eigenvalue weighted by Gasteiger charge is 2.30. The number of rotatable bonds is 72. The monoisotopic (exact) mass is 1340 g/mol. The molecule has 0 bridgehead atoms. The Labute approximate surface area is 556 Å². The lowest BCUT2D eigenvalue weighted by molar-refractivity contribution is -0.161. The van der Waals surface area contributed by atoms with Gasteiger partial charge in [0.25, 0.3) is 0 Å². The second-order valence-corrected chi connectivity index (χ2v) is 29.4. The van der Waals surface area contributed by atoms with E-state index in [9.17, 15) is 43.2 Å². The van der Waals surface area contributed by atoms with Gasteiger partial charge in [0, 0.05) is 25.7 Å². The molecule has 0 aliphatic rings. The molecule has 0 saturated carbocycles. The van der Waals surface area contributed by atoms with Crippen LogP contribution in [0.2, 0.25) is 0 Å². The third-order valence-corrected chi connectivity index (χ3v) is 18.7. The van der Waals surface area contributed by atoms with Crippen molar-refractivity contribution in [2.75, 3.05) is 39.6 Å². The number of hydrogen-bond acceptors (Lipinski definition) is 15. The average molecular weight is 1340 g/mol. The van der Waals surface area contributed by atoms with Crippen LogP contribution in [-0.2, 0) is 65.4 Å². The molecule has 91 heavy (non-hydrogen) atoms. The van der Waals surface area contributed by atoms with Gasteiger partial charge in [-0.3, -0.25) is 37.3 Å². The van der Waals surface area contributed by atoms with E-state index >= 15 is 0 Å². The number of aliphatic hydroxyl groups is 1. The number of phosphoric ester groups is 2. The van der Waals surface area contributed by atoms with E-state index in [1.54, 1.807) is 0 Å². The summed E-state index contributed by atoms with van der Waals surface area (Å²) in [5.74, 6) is -1.34. The molecular formula is C72H140O17P2. The van der Waals surface area contributed by atoms with Crippen molar-refractivity contribution in [3.63, 3.8) is 0 Å². The Morgan fingerprint density at radius 2 is 0.505 bits per heavy atom. The smallest absolute Gasteiger partial charge is 0.462 e. The first-order valence-corrected chi connectivity index (χ1v) is 40.6. The van der Waals surface area contributed by atoms with Crippen LogP contribution in [0.25, 0.3) is 0 Å². The summed E-state index contributed by atoms with van der Waals surface area (Å²) in [6, 6.07) is 0. The first-order chi connectivity index (χ1) is 44.0. The minimum absolute atomic E-state index is 0.107. The fraction of sp³-hybridized carbons (Fsp3) is 0.944. The van der Waals surface area contributed by atoms with E-state index < -0.39 is 97.5 Å². The number of carbonyl (C=O) groups is 4. The van der Waals surface area contributed by atoms with E-state index in [2.05, 4.69) is 34.6 Å². The van der Waals surface area contributed by atoms with Crippen LogP contribution in [0.3, 0.4) is 0 Å². The van der Waals surface area contributed by atoms with Gasteiger partial charge in [0.15, 0.2) is 12.2 Å². The fourth-order valence-electron chi connectivity index (χ4n) is 11.0. The van der Waals surface area contributed by atoms with Crippen LogP contribution in [0, 0.1) is 5.92 Å². The molecule has 0 radical (unpaired) electrons. The van der Waals surface area contributed by atoms with Crippen molar-refractivity contribution in [2.24, 2.45) is 5.92 Å². The van der Waals surface area contributed by atoms with Gasteiger partial charge in [-0.05, 0) is 31.6 Å². The van der Waals surface area contributed by atoms with E-state index in [1.807, 2.05) is 0 Å². The molecule has 0 aromatic heterocycles. The Morgan fingerprint density at radius 1 is 0.297 bits per heavy atom. The molecule has 0 aliphatic heterocycles. The lowest BCUT2D eigenvalue weighted by Crippen LogP contribution is -2.30. The zero-order valence-corrected chi connectivity index (χ0v) is 60.8. The minimum atomic E-state index is -4.95. The van der Waals surface area contributed by atoms with Crippen LogP contribution in [0.15, 0.2) is 0 Å². The van der Waals surface area contributed by atoms with Crippen molar-refractivity contribution in [1.29, 1.82) is 0 Å². The van der Waals surface area contributed by atoms with Gasteiger partial charge in [-0.15, -0.1) is 0 Å². The second kappa shape index (κ2) is 65.4. The van der Waals surface area contributed by atoms with Crippen molar-refractivity contribution in [3.8, 4) is 0 Å². The summed E-state index contributed by atoms with van der Waals surface area (Å²) in [6.07, 6.45) is 53.1. The van der Waals surface area contributed by atoms with Gasteiger partial charge in [0.05, 0.1) is 26.4 Å². The van der Waals surface area contributed by atoms with E-state index in [-0.39, 0.29) is 25.7 Å². The Kier molecular flexibility index (Phi) is 64.0. The molecule has 0 aromatic rings. The molecule has 0 aromatic carbocycles. The Morgan fingerprint density at radius 3 is 0.747 bits per heavy atom. The SMILES string of the molecule is CCCCCCCCCCCCCCCCCCCCC(=O)O[C@H](COC(=O)CCCCCCCCCCCCCCCC(C)C)COP(=O)(O)OC[C@@H](O)COP(=O)(O)OC[C@@H](COC(=O)CCCCCCC)OC(=O)CCCCCCCCCCCCCC. The van der Waals surface area contributed by atoms with Gasteiger partial charge in [-0.2, -0.15) is 0 Å². The highest BCUT2D eigenvalue weighted by atomic mass is 31.2. The number of phosphoric acid groups is 2. The van der Waals surface area contributed by atoms with E-state index in [0.717, 1.165) is 102 Å².